The van der Waals surface area contributed by atoms with E-state index in [9.17, 15) is 4.79 Å². The van der Waals surface area contributed by atoms with Crippen LogP contribution in [0.1, 0.15) is 30.4 Å². The molecule has 5 heteroatoms. The molecule has 1 aliphatic rings. The lowest BCUT2D eigenvalue weighted by Gasteiger charge is -2.23. The fourth-order valence-electron chi connectivity index (χ4n) is 3.67. The summed E-state index contributed by atoms with van der Waals surface area (Å²) in [6.45, 7) is 4.92. The van der Waals surface area contributed by atoms with Gasteiger partial charge in [-0.25, -0.2) is 4.98 Å². The second-order valence-corrected chi connectivity index (χ2v) is 8.08. The van der Waals surface area contributed by atoms with Crippen LogP contribution in [-0.2, 0) is 4.74 Å². The van der Waals surface area contributed by atoms with Gasteiger partial charge in [-0.15, -0.1) is 0 Å². The summed E-state index contributed by atoms with van der Waals surface area (Å²) in [7, 11) is 0. The van der Waals surface area contributed by atoms with Crippen LogP contribution in [0.15, 0.2) is 52.4 Å². The summed E-state index contributed by atoms with van der Waals surface area (Å²) in [4.78, 5) is 18.2. The van der Waals surface area contributed by atoms with E-state index in [1.807, 2.05) is 56.3 Å². The molecule has 1 saturated heterocycles. The molecule has 0 aliphatic carbocycles. The van der Waals surface area contributed by atoms with Crippen LogP contribution in [0.5, 0.6) is 0 Å². The molecule has 4 nitrogen and oxygen atoms in total. The monoisotopic (exact) mass is 380 g/mol. The Morgan fingerprint density at radius 3 is 2.63 bits per heavy atom. The third-order valence-electron chi connectivity index (χ3n) is 5.08. The largest absolute Gasteiger partial charge is 0.377 e. The Kier molecular flexibility index (Phi) is 5.32. The Balaban J connectivity index is 1.84. The maximum atomic E-state index is 13.4. The summed E-state index contributed by atoms with van der Waals surface area (Å²) in [5, 5.41) is 1.39. The van der Waals surface area contributed by atoms with Crippen LogP contribution >= 0.6 is 11.8 Å². The van der Waals surface area contributed by atoms with Crippen LogP contribution < -0.4 is 5.56 Å². The highest BCUT2D eigenvalue weighted by atomic mass is 32.2. The summed E-state index contributed by atoms with van der Waals surface area (Å²) in [5.74, 6) is 0.815. The van der Waals surface area contributed by atoms with Crippen molar-refractivity contribution >= 4 is 22.7 Å². The van der Waals surface area contributed by atoms with E-state index in [4.69, 9.17) is 9.72 Å². The molecule has 3 aromatic rings. The molecule has 2 heterocycles. The highest BCUT2D eigenvalue weighted by Gasteiger charge is 2.19. The molecule has 1 aliphatic heterocycles. The van der Waals surface area contributed by atoms with Crippen molar-refractivity contribution in [1.82, 2.24) is 9.55 Å². The number of thioether (sulfide) groups is 1. The molecular formula is C22H24N2O2S. The van der Waals surface area contributed by atoms with Gasteiger partial charge in [0.1, 0.15) is 0 Å². The van der Waals surface area contributed by atoms with E-state index in [0.717, 1.165) is 52.7 Å². The standard InChI is InChI=1S/C22H24N2O2S/c1-15-8-7-9-16(2)20(15)24-21(25)18-11-3-4-12-19(18)23-22(24)27-14-17-10-5-6-13-26-17/h3-4,7-9,11-12,17H,5-6,10,13-14H2,1-2H3. The van der Waals surface area contributed by atoms with Crippen molar-refractivity contribution in [2.24, 2.45) is 0 Å². The summed E-state index contributed by atoms with van der Waals surface area (Å²) in [6, 6.07) is 13.7. The fourth-order valence-corrected chi connectivity index (χ4v) is 4.74. The molecule has 1 atom stereocenters. The molecular weight excluding hydrogens is 356 g/mol. The Bertz CT molecular complexity index is 1000. The summed E-state index contributed by atoms with van der Waals surface area (Å²) < 4.78 is 7.67. The molecule has 2 aromatic carbocycles. The van der Waals surface area contributed by atoms with Crippen LogP contribution in [0, 0.1) is 13.8 Å². The van der Waals surface area contributed by atoms with Crippen molar-refractivity contribution in [3.8, 4) is 5.69 Å². The number of hydrogen-bond acceptors (Lipinski definition) is 4. The van der Waals surface area contributed by atoms with Crippen LogP contribution in [0.25, 0.3) is 16.6 Å². The van der Waals surface area contributed by atoms with Gasteiger partial charge in [-0.2, -0.15) is 0 Å². The average molecular weight is 381 g/mol. The number of para-hydroxylation sites is 2. The topological polar surface area (TPSA) is 44.1 Å². The van der Waals surface area contributed by atoms with Crippen molar-refractivity contribution in [2.75, 3.05) is 12.4 Å². The third kappa shape index (κ3) is 3.66. The molecule has 0 saturated carbocycles. The van der Waals surface area contributed by atoms with Gasteiger partial charge in [0.2, 0.25) is 0 Å². The highest BCUT2D eigenvalue weighted by Crippen LogP contribution is 2.27. The van der Waals surface area contributed by atoms with Gasteiger partial charge in [-0.3, -0.25) is 9.36 Å². The summed E-state index contributed by atoms with van der Waals surface area (Å²) >= 11 is 1.62. The summed E-state index contributed by atoms with van der Waals surface area (Å²) in [6.07, 6.45) is 3.66. The van der Waals surface area contributed by atoms with Gasteiger partial charge in [-0.05, 0) is 56.4 Å². The van der Waals surface area contributed by atoms with E-state index >= 15 is 0 Å². The molecule has 140 valence electrons. The van der Waals surface area contributed by atoms with E-state index in [-0.39, 0.29) is 11.7 Å². The lowest BCUT2D eigenvalue weighted by atomic mass is 10.1. The van der Waals surface area contributed by atoms with Crippen LogP contribution in [-0.4, -0.2) is 28.0 Å². The van der Waals surface area contributed by atoms with Gasteiger partial charge in [-0.1, -0.05) is 42.1 Å². The minimum atomic E-state index is -0.00920. The minimum Gasteiger partial charge on any atom is -0.377 e. The molecule has 1 aromatic heterocycles. The smallest absolute Gasteiger partial charge is 0.266 e. The molecule has 0 bridgehead atoms. The minimum absolute atomic E-state index is 0.00920. The highest BCUT2D eigenvalue weighted by molar-refractivity contribution is 7.99. The molecule has 27 heavy (non-hydrogen) atoms. The zero-order valence-corrected chi connectivity index (χ0v) is 16.6. The Morgan fingerprint density at radius 1 is 1.11 bits per heavy atom. The number of aromatic nitrogens is 2. The second kappa shape index (κ2) is 7.87. The van der Waals surface area contributed by atoms with E-state index in [1.54, 1.807) is 16.3 Å². The van der Waals surface area contributed by atoms with Crippen LogP contribution in [0.4, 0.5) is 0 Å². The zero-order chi connectivity index (χ0) is 18.8. The number of hydrogen-bond donors (Lipinski definition) is 0. The fraction of sp³-hybridized carbons (Fsp3) is 0.364. The lowest BCUT2D eigenvalue weighted by molar-refractivity contribution is 0.0315. The van der Waals surface area contributed by atoms with Gasteiger partial charge in [0, 0.05) is 12.4 Å². The van der Waals surface area contributed by atoms with E-state index in [0.29, 0.717) is 5.39 Å². The van der Waals surface area contributed by atoms with Crippen molar-refractivity contribution < 1.29 is 4.74 Å². The maximum Gasteiger partial charge on any atom is 0.266 e. The van der Waals surface area contributed by atoms with E-state index in [2.05, 4.69) is 0 Å². The number of benzene rings is 2. The summed E-state index contributed by atoms with van der Waals surface area (Å²) in [5.41, 5.74) is 3.82. The number of rotatable bonds is 4. The molecule has 0 spiro atoms. The van der Waals surface area contributed by atoms with E-state index < -0.39 is 0 Å². The first kappa shape index (κ1) is 18.3. The molecule has 0 radical (unpaired) electrons. The van der Waals surface area contributed by atoms with Gasteiger partial charge < -0.3 is 4.74 Å². The SMILES string of the molecule is Cc1cccc(C)c1-n1c(SCC2CCCCO2)nc2ccccc2c1=O. The molecule has 0 amide bonds. The van der Waals surface area contributed by atoms with Crippen LogP contribution in [0.2, 0.25) is 0 Å². The Hall–Kier alpha value is -2.11. The van der Waals surface area contributed by atoms with Crippen LogP contribution in [0.3, 0.4) is 0 Å². The number of fused-ring (bicyclic) bond motifs is 1. The number of nitrogens with zero attached hydrogens (tertiary/aromatic N) is 2. The van der Waals surface area contributed by atoms with Gasteiger partial charge in [0.25, 0.3) is 5.56 Å². The predicted octanol–water partition coefficient (Wildman–Crippen LogP) is 4.66. The first-order valence-electron chi connectivity index (χ1n) is 9.48. The Labute approximate surface area is 163 Å². The first-order chi connectivity index (χ1) is 13.1. The normalized spacial score (nSPS) is 17.3. The van der Waals surface area contributed by atoms with Crippen molar-refractivity contribution in [1.29, 1.82) is 0 Å². The molecule has 4 rings (SSSR count). The molecule has 0 N–H and O–H groups in total. The second-order valence-electron chi connectivity index (χ2n) is 7.09. The van der Waals surface area contributed by atoms with Crippen molar-refractivity contribution in [2.45, 2.75) is 44.4 Å². The van der Waals surface area contributed by atoms with Gasteiger partial charge in [0.15, 0.2) is 5.16 Å². The quantitative estimate of drug-likeness (QED) is 0.488. The number of ether oxygens (including phenoxy) is 1. The third-order valence-corrected chi connectivity index (χ3v) is 6.15. The molecule has 1 fully saturated rings. The van der Waals surface area contributed by atoms with Gasteiger partial charge >= 0.3 is 0 Å². The van der Waals surface area contributed by atoms with Gasteiger partial charge in [0.05, 0.1) is 22.7 Å². The van der Waals surface area contributed by atoms with Crippen molar-refractivity contribution in [3.05, 3.63) is 63.9 Å². The zero-order valence-electron chi connectivity index (χ0n) is 15.8. The predicted molar refractivity (Wildman–Crippen MR) is 111 cm³/mol. The van der Waals surface area contributed by atoms with Crippen molar-refractivity contribution in [3.63, 3.8) is 0 Å². The first-order valence-corrected chi connectivity index (χ1v) is 10.5. The Morgan fingerprint density at radius 2 is 1.89 bits per heavy atom. The average Bonchev–Trinajstić information content (AvgIpc) is 2.69. The van der Waals surface area contributed by atoms with E-state index in [1.165, 1.54) is 6.42 Å². The molecule has 1 unspecified atom stereocenters. The maximum absolute atomic E-state index is 13.4. The lowest BCUT2D eigenvalue weighted by Crippen LogP contribution is -2.25. The number of aryl methyl sites for hydroxylation is 2.